The Labute approximate surface area is 167 Å². The molecule has 3 aromatic rings. The highest BCUT2D eigenvalue weighted by atomic mass is 32.2. The SMILES string of the molecule is C=CCn1c(CC(=O)Nc2ccc(F)cc2)nnc1SCc1ccccc1C. The van der Waals surface area contributed by atoms with E-state index in [1.807, 2.05) is 16.7 Å². The maximum atomic E-state index is 13.0. The summed E-state index contributed by atoms with van der Waals surface area (Å²) in [6, 6.07) is 13.8. The van der Waals surface area contributed by atoms with Crippen molar-refractivity contribution in [3.63, 3.8) is 0 Å². The van der Waals surface area contributed by atoms with E-state index >= 15 is 0 Å². The van der Waals surface area contributed by atoms with Gasteiger partial charge in [-0.15, -0.1) is 16.8 Å². The Balaban J connectivity index is 1.69. The van der Waals surface area contributed by atoms with Crippen LogP contribution in [-0.4, -0.2) is 20.7 Å². The van der Waals surface area contributed by atoms with Gasteiger partial charge in [-0.05, 0) is 42.3 Å². The van der Waals surface area contributed by atoms with Gasteiger partial charge in [-0.2, -0.15) is 0 Å². The molecule has 1 heterocycles. The zero-order chi connectivity index (χ0) is 19.9. The molecule has 0 aliphatic rings. The average molecular weight is 396 g/mol. The van der Waals surface area contributed by atoms with Crippen LogP contribution in [0.1, 0.15) is 17.0 Å². The van der Waals surface area contributed by atoms with Crippen LogP contribution in [0.2, 0.25) is 0 Å². The van der Waals surface area contributed by atoms with E-state index in [1.165, 1.54) is 35.4 Å². The topological polar surface area (TPSA) is 59.8 Å². The Bertz CT molecular complexity index is 969. The number of aromatic nitrogens is 3. The van der Waals surface area contributed by atoms with Crippen LogP contribution in [0.15, 0.2) is 66.3 Å². The highest BCUT2D eigenvalue weighted by molar-refractivity contribution is 7.98. The van der Waals surface area contributed by atoms with Gasteiger partial charge in [-0.3, -0.25) is 4.79 Å². The van der Waals surface area contributed by atoms with Crippen LogP contribution < -0.4 is 5.32 Å². The van der Waals surface area contributed by atoms with Crippen molar-refractivity contribution >= 4 is 23.4 Å². The number of nitrogens with zero attached hydrogens (tertiary/aromatic N) is 3. The molecule has 1 aromatic heterocycles. The molecular formula is C21H21FN4OS. The lowest BCUT2D eigenvalue weighted by molar-refractivity contribution is -0.115. The quantitative estimate of drug-likeness (QED) is 0.453. The summed E-state index contributed by atoms with van der Waals surface area (Å²) >= 11 is 1.58. The van der Waals surface area contributed by atoms with Gasteiger partial charge in [0.1, 0.15) is 11.6 Å². The van der Waals surface area contributed by atoms with Crippen molar-refractivity contribution in [1.82, 2.24) is 14.8 Å². The zero-order valence-electron chi connectivity index (χ0n) is 15.6. The number of aryl methyl sites for hydroxylation is 1. The molecule has 0 unspecified atom stereocenters. The second kappa shape index (κ2) is 9.32. The van der Waals surface area contributed by atoms with Gasteiger partial charge in [0.05, 0.1) is 6.42 Å². The van der Waals surface area contributed by atoms with Crippen molar-refractivity contribution < 1.29 is 9.18 Å². The average Bonchev–Trinajstić information content (AvgIpc) is 3.05. The number of carbonyl (C=O) groups is 1. The Morgan fingerprint density at radius 3 is 2.68 bits per heavy atom. The molecule has 0 saturated carbocycles. The number of halogens is 1. The van der Waals surface area contributed by atoms with Crippen molar-refractivity contribution in [3.05, 3.63) is 84.0 Å². The number of amides is 1. The highest BCUT2D eigenvalue weighted by Gasteiger charge is 2.15. The van der Waals surface area contributed by atoms with Crippen LogP contribution in [0.25, 0.3) is 0 Å². The largest absolute Gasteiger partial charge is 0.326 e. The molecule has 3 rings (SSSR count). The lowest BCUT2D eigenvalue weighted by Gasteiger charge is -2.09. The number of rotatable bonds is 8. The lowest BCUT2D eigenvalue weighted by atomic mass is 10.1. The fourth-order valence-electron chi connectivity index (χ4n) is 2.67. The smallest absolute Gasteiger partial charge is 0.232 e. The molecule has 0 fully saturated rings. The predicted molar refractivity (Wildman–Crippen MR) is 110 cm³/mol. The van der Waals surface area contributed by atoms with E-state index in [0.717, 1.165) is 10.9 Å². The van der Waals surface area contributed by atoms with Crippen molar-refractivity contribution in [1.29, 1.82) is 0 Å². The summed E-state index contributed by atoms with van der Waals surface area (Å²) in [5, 5.41) is 11.9. The Hall–Kier alpha value is -2.93. The van der Waals surface area contributed by atoms with E-state index < -0.39 is 0 Å². The van der Waals surface area contributed by atoms with Crippen LogP contribution in [0, 0.1) is 12.7 Å². The van der Waals surface area contributed by atoms with Gasteiger partial charge in [0.15, 0.2) is 5.16 Å². The third kappa shape index (κ3) is 5.07. The minimum absolute atomic E-state index is 0.0726. The molecule has 0 aliphatic heterocycles. The van der Waals surface area contributed by atoms with Crippen LogP contribution >= 0.6 is 11.8 Å². The van der Waals surface area contributed by atoms with Gasteiger partial charge >= 0.3 is 0 Å². The van der Waals surface area contributed by atoms with E-state index in [0.29, 0.717) is 18.1 Å². The molecular weight excluding hydrogens is 375 g/mol. The first-order chi connectivity index (χ1) is 13.6. The van der Waals surface area contributed by atoms with Gasteiger partial charge in [0.2, 0.25) is 5.91 Å². The summed E-state index contributed by atoms with van der Waals surface area (Å²) in [6.07, 6.45) is 1.83. The van der Waals surface area contributed by atoms with Crippen LogP contribution in [0.3, 0.4) is 0 Å². The van der Waals surface area contributed by atoms with Gasteiger partial charge in [-0.25, -0.2) is 4.39 Å². The van der Waals surface area contributed by atoms with Crippen molar-refractivity contribution in [2.24, 2.45) is 0 Å². The molecule has 0 atom stereocenters. The zero-order valence-corrected chi connectivity index (χ0v) is 16.4. The maximum Gasteiger partial charge on any atom is 0.232 e. The van der Waals surface area contributed by atoms with Crippen molar-refractivity contribution in [2.75, 3.05) is 5.32 Å². The second-order valence-electron chi connectivity index (χ2n) is 6.25. The number of carbonyl (C=O) groups excluding carboxylic acids is 1. The highest BCUT2D eigenvalue weighted by Crippen LogP contribution is 2.24. The molecule has 0 aliphatic carbocycles. The predicted octanol–water partition coefficient (Wildman–Crippen LogP) is 4.39. The first kappa shape index (κ1) is 19.8. The van der Waals surface area contributed by atoms with Gasteiger partial charge in [-0.1, -0.05) is 42.1 Å². The molecule has 1 amide bonds. The molecule has 7 heteroatoms. The first-order valence-corrected chi connectivity index (χ1v) is 9.81. The summed E-state index contributed by atoms with van der Waals surface area (Å²) in [7, 11) is 0. The Kier molecular flexibility index (Phi) is 6.60. The van der Waals surface area contributed by atoms with Gasteiger partial charge < -0.3 is 9.88 Å². The third-order valence-electron chi connectivity index (χ3n) is 4.17. The number of nitrogens with one attached hydrogen (secondary N) is 1. The monoisotopic (exact) mass is 396 g/mol. The van der Waals surface area contributed by atoms with Crippen molar-refractivity contribution in [2.45, 2.75) is 30.8 Å². The molecule has 0 radical (unpaired) electrons. The number of allylic oxidation sites excluding steroid dienone is 1. The summed E-state index contributed by atoms with van der Waals surface area (Å²) < 4.78 is 14.9. The van der Waals surface area contributed by atoms with E-state index in [9.17, 15) is 9.18 Å². The molecule has 0 bridgehead atoms. The fourth-order valence-corrected chi connectivity index (χ4v) is 3.71. The lowest BCUT2D eigenvalue weighted by Crippen LogP contribution is -2.17. The van der Waals surface area contributed by atoms with E-state index in [-0.39, 0.29) is 18.1 Å². The van der Waals surface area contributed by atoms with Gasteiger partial charge in [0.25, 0.3) is 0 Å². The molecule has 0 spiro atoms. The summed E-state index contributed by atoms with van der Waals surface area (Å²) in [4.78, 5) is 12.3. The Morgan fingerprint density at radius 1 is 1.21 bits per heavy atom. The van der Waals surface area contributed by atoms with E-state index in [1.54, 1.807) is 17.8 Å². The van der Waals surface area contributed by atoms with Crippen LogP contribution in [0.5, 0.6) is 0 Å². The molecule has 2 aromatic carbocycles. The number of hydrogen-bond acceptors (Lipinski definition) is 4. The fraction of sp³-hybridized carbons (Fsp3) is 0.190. The molecule has 0 saturated heterocycles. The number of anilines is 1. The summed E-state index contributed by atoms with van der Waals surface area (Å²) in [5.74, 6) is 0.745. The summed E-state index contributed by atoms with van der Waals surface area (Å²) in [6.45, 7) is 6.38. The third-order valence-corrected chi connectivity index (χ3v) is 5.19. The minimum Gasteiger partial charge on any atom is -0.326 e. The number of benzene rings is 2. The second-order valence-corrected chi connectivity index (χ2v) is 7.19. The van der Waals surface area contributed by atoms with Crippen molar-refractivity contribution in [3.8, 4) is 0 Å². The van der Waals surface area contributed by atoms with E-state index in [2.05, 4.69) is 41.1 Å². The van der Waals surface area contributed by atoms with Crippen LogP contribution in [0.4, 0.5) is 10.1 Å². The molecule has 144 valence electrons. The molecule has 28 heavy (non-hydrogen) atoms. The van der Waals surface area contributed by atoms with E-state index in [4.69, 9.17) is 0 Å². The minimum atomic E-state index is -0.348. The molecule has 1 N–H and O–H groups in total. The van der Waals surface area contributed by atoms with Gasteiger partial charge in [0, 0.05) is 18.0 Å². The number of thioether (sulfide) groups is 1. The Morgan fingerprint density at radius 2 is 1.96 bits per heavy atom. The first-order valence-electron chi connectivity index (χ1n) is 8.82. The normalized spacial score (nSPS) is 10.6. The van der Waals surface area contributed by atoms with Crippen LogP contribution in [-0.2, 0) is 23.5 Å². The standard InChI is InChI=1S/C21H21FN4OS/c1-3-12-26-19(13-20(27)23-18-10-8-17(22)9-11-18)24-25-21(26)28-14-16-7-5-4-6-15(16)2/h3-11H,1,12-14H2,2H3,(H,23,27). The maximum absolute atomic E-state index is 13.0. The number of hydrogen-bond donors (Lipinski definition) is 1. The molecule has 5 nitrogen and oxygen atoms in total. The summed E-state index contributed by atoms with van der Waals surface area (Å²) in [5.41, 5.74) is 3.00.